The molecule has 0 amide bonds. The molecule has 0 aliphatic heterocycles. The van der Waals surface area contributed by atoms with Gasteiger partial charge in [0.1, 0.15) is 0 Å². The van der Waals surface area contributed by atoms with Crippen molar-refractivity contribution >= 4 is 11.8 Å². The van der Waals surface area contributed by atoms with Crippen molar-refractivity contribution in [3.05, 3.63) is 35.4 Å². The van der Waals surface area contributed by atoms with Crippen LogP contribution < -0.4 is 0 Å². The van der Waals surface area contributed by atoms with E-state index in [0.29, 0.717) is 6.42 Å². The summed E-state index contributed by atoms with van der Waals surface area (Å²) in [5, 5.41) is 8.43. The molecule has 0 N–H and O–H groups in total. The Morgan fingerprint density at radius 3 is 2.31 bits per heavy atom. The highest BCUT2D eigenvalue weighted by Gasteiger charge is 2.12. The van der Waals surface area contributed by atoms with Crippen molar-refractivity contribution in [1.82, 2.24) is 0 Å². The molecule has 0 aromatic heterocycles. The van der Waals surface area contributed by atoms with E-state index in [1.165, 1.54) is 11.1 Å². The Kier molecular flexibility index (Phi) is 4.89. The van der Waals surface area contributed by atoms with Gasteiger partial charge in [-0.1, -0.05) is 45.0 Å². The zero-order valence-corrected chi connectivity index (χ0v) is 11.1. The van der Waals surface area contributed by atoms with E-state index in [1.54, 1.807) is 0 Å². The summed E-state index contributed by atoms with van der Waals surface area (Å²) in [5.74, 6) is 1.93. The van der Waals surface area contributed by atoms with Crippen LogP contribution in [-0.2, 0) is 11.2 Å². The molecule has 1 nitrogen and oxygen atoms in total. The van der Waals surface area contributed by atoms with Gasteiger partial charge in [0.05, 0.1) is 6.07 Å². The third kappa shape index (κ3) is 4.28. The highest BCUT2D eigenvalue weighted by atomic mass is 32.2. The van der Waals surface area contributed by atoms with E-state index in [-0.39, 0.29) is 5.41 Å². The lowest BCUT2D eigenvalue weighted by Crippen LogP contribution is -2.10. The lowest BCUT2D eigenvalue weighted by atomic mass is 9.87. The summed E-state index contributed by atoms with van der Waals surface area (Å²) in [5.41, 5.74) is 2.95. The van der Waals surface area contributed by atoms with Crippen molar-refractivity contribution in [3.63, 3.8) is 0 Å². The Hall–Kier alpha value is -0.940. The number of benzene rings is 1. The minimum absolute atomic E-state index is 0.229. The first-order valence-electron chi connectivity index (χ1n) is 5.58. The van der Waals surface area contributed by atoms with Crippen LogP contribution in [0.5, 0.6) is 0 Å². The first kappa shape index (κ1) is 13.1. The lowest BCUT2D eigenvalue weighted by Gasteiger charge is -2.19. The van der Waals surface area contributed by atoms with E-state index < -0.39 is 0 Å². The van der Waals surface area contributed by atoms with Gasteiger partial charge >= 0.3 is 0 Å². The molecule has 0 spiro atoms. The number of rotatable bonds is 4. The van der Waals surface area contributed by atoms with E-state index in [1.807, 2.05) is 11.8 Å². The van der Waals surface area contributed by atoms with Gasteiger partial charge in [0.15, 0.2) is 0 Å². The third-order valence-electron chi connectivity index (χ3n) is 2.45. The molecular weight excluding hydrogens is 214 g/mol. The molecule has 0 radical (unpaired) electrons. The number of nitrogens with zero attached hydrogens (tertiary/aromatic N) is 1. The summed E-state index contributed by atoms with van der Waals surface area (Å²) in [6.45, 7) is 6.68. The summed E-state index contributed by atoms with van der Waals surface area (Å²) in [7, 11) is 0. The second-order valence-electron chi connectivity index (χ2n) is 4.91. The maximum atomic E-state index is 8.43. The average molecular weight is 233 g/mol. The molecule has 1 rings (SSSR count). The fraction of sp³-hybridized carbons (Fsp3) is 0.500. The highest BCUT2D eigenvalue weighted by Crippen LogP contribution is 2.23. The second-order valence-corrected chi connectivity index (χ2v) is 6.01. The van der Waals surface area contributed by atoms with Crippen LogP contribution in [0.4, 0.5) is 0 Å². The number of thioether (sulfide) groups is 1. The molecule has 0 aliphatic carbocycles. The Bertz CT molecular complexity index is 354. The minimum Gasteiger partial charge on any atom is -0.198 e. The summed E-state index contributed by atoms with van der Waals surface area (Å²) in [6.07, 6.45) is 0.644. The summed E-state index contributed by atoms with van der Waals surface area (Å²) < 4.78 is 0. The van der Waals surface area contributed by atoms with Crippen LogP contribution >= 0.6 is 11.8 Å². The fourth-order valence-electron chi connectivity index (χ4n) is 1.41. The van der Waals surface area contributed by atoms with Crippen LogP contribution in [0, 0.1) is 11.3 Å². The average Bonchev–Trinajstić information content (AvgIpc) is 2.24. The Labute approximate surface area is 103 Å². The fourth-order valence-corrected chi connectivity index (χ4v) is 2.22. The van der Waals surface area contributed by atoms with Gasteiger partial charge in [-0.05, 0) is 16.5 Å². The molecule has 0 saturated heterocycles. The smallest absolute Gasteiger partial charge is 0.0630 e. The highest BCUT2D eigenvalue weighted by molar-refractivity contribution is 7.98. The molecule has 0 atom stereocenters. The number of hydrogen-bond donors (Lipinski definition) is 0. The predicted molar refractivity (Wildman–Crippen MR) is 71.5 cm³/mol. The molecule has 0 saturated carbocycles. The molecule has 0 bridgehead atoms. The van der Waals surface area contributed by atoms with E-state index in [2.05, 4.69) is 51.1 Å². The van der Waals surface area contributed by atoms with Crippen LogP contribution in [0.1, 0.15) is 38.3 Å². The van der Waals surface area contributed by atoms with Crippen LogP contribution in [0.25, 0.3) is 0 Å². The van der Waals surface area contributed by atoms with Crippen molar-refractivity contribution in [3.8, 4) is 6.07 Å². The Balaban J connectivity index is 2.49. The van der Waals surface area contributed by atoms with Crippen molar-refractivity contribution in [2.75, 3.05) is 5.75 Å². The molecule has 1 aromatic rings. The monoisotopic (exact) mass is 233 g/mol. The molecule has 1 aromatic carbocycles. The van der Waals surface area contributed by atoms with Gasteiger partial charge in [-0.15, -0.1) is 0 Å². The molecule has 0 unspecified atom stereocenters. The molecular formula is C14H19NS. The van der Waals surface area contributed by atoms with Gasteiger partial charge in [-0.25, -0.2) is 0 Å². The quantitative estimate of drug-likeness (QED) is 0.730. The third-order valence-corrected chi connectivity index (χ3v) is 3.48. The molecule has 2 heteroatoms. The molecule has 16 heavy (non-hydrogen) atoms. The lowest BCUT2D eigenvalue weighted by molar-refractivity contribution is 0.590. The second kappa shape index (κ2) is 5.96. The molecule has 86 valence electrons. The van der Waals surface area contributed by atoms with Gasteiger partial charge in [0, 0.05) is 17.9 Å². The first-order valence-corrected chi connectivity index (χ1v) is 6.73. The van der Waals surface area contributed by atoms with Gasteiger partial charge in [-0.3, -0.25) is 0 Å². The van der Waals surface area contributed by atoms with Gasteiger partial charge in [0.2, 0.25) is 0 Å². The van der Waals surface area contributed by atoms with Crippen molar-refractivity contribution in [2.45, 2.75) is 38.4 Å². The maximum Gasteiger partial charge on any atom is 0.0630 e. The number of hydrogen-bond acceptors (Lipinski definition) is 2. The van der Waals surface area contributed by atoms with Crippen molar-refractivity contribution in [2.24, 2.45) is 0 Å². The van der Waals surface area contributed by atoms with Gasteiger partial charge in [0.25, 0.3) is 0 Å². The zero-order chi connectivity index (χ0) is 12.0. The molecule has 0 aliphatic rings. The summed E-state index contributed by atoms with van der Waals surface area (Å²) >= 11 is 1.82. The van der Waals surface area contributed by atoms with Crippen molar-refractivity contribution < 1.29 is 0 Å². The van der Waals surface area contributed by atoms with E-state index in [9.17, 15) is 0 Å². The summed E-state index contributed by atoms with van der Waals surface area (Å²) in [6, 6.07) is 11.0. The normalized spacial score (nSPS) is 11.1. The molecule has 0 fully saturated rings. The van der Waals surface area contributed by atoms with Gasteiger partial charge in [-0.2, -0.15) is 17.0 Å². The first-order chi connectivity index (χ1) is 7.54. The number of nitriles is 1. The van der Waals surface area contributed by atoms with Crippen LogP contribution in [0.2, 0.25) is 0 Å². The molecule has 0 heterocycles. The van der Waals surface area contributed by atoms with Crippen LogP contribution in [0.3, 0.4) is 0 Å². The summed E-state index contributed by atoms with van der Waals surface area (Å²) in [4.78, 5) is 0. The zero-order valence-electron chi connectivity index (χ0n) is 10.3. The van der Waals surface area contributed by atoms with E-state index in [0.717, 1.165) is 11.5 Å². The Morgan fingerprint density at radius 1 is 1.19 bits per heavy atom. The predicted octanol–water partition coefficient (Wildman–Crippen LogP) is 4.13. The van der Waals surface area contributed by atoms with E-state index in [4.69, 9.17) is 5.26 Å². The topological polar surface area (TPSA) is 23.8 Å². The standard InChI is InChI=1S/C14H19NS/c1-14(2,3)13-7-5-12(6-8-13)11-16-10-4-9-15/h5-8H,4,10-11H2,1-3H3. The van der Waals surface area contributed by atoms with Crippen LogP contribution in [0.15, 0.2) is 24.3 Å². The van der Waals surface area contributed by atoms with Crippen LogP contribution in [-0.4, -0.2) is 5.75 Å². The SMILES string of the molecule is CC(C)(C)c1ccc(CSCCC#N)cc1. The van der Waals surface area contributed by atoms with Gasteiger partial charge < -0.3 is 0 Å². The van der Waals surface area contributed by atoms with E-state index >= 15 is 0 Å². The maximum absolute atomic E-state index is 8.43. The largest absolute Gasteiger partial charge is 0.198 e. The Morgan fingerprint density at radius 2 is 1.81 bits per heavy atom. The van der Waals surface area contributed by atoms with Crippen molar-refractivity contribution in [1.29, 1.82) is 5.26 Å². The minimum atomic E-state index is 0.229.